The van der Waals surface area contributed by atoms with Gasteiger partial charge in [0.05, 0.1) is 0 Å². The Morgan fingerprint density at radius 3 is 1.73 bits per heavy atom. The van der Waals surface area contributed by atoms with Gasteiger partial charge in [-0.25, -0.2) is 0 Å². The van der Waals surface area contributed by atoms with Crippen molar-refractivity contribution in [3.05, 3.63) is 145 Å². The molecule has 1 aromatic heterocycles. The van der Waals surface area contributed by atoms with Crippen molar-refractivity contribution < 1.29 is 0 Å². The third kappa shape index (κ3) is 4.13. The van der Waals surface area contributed by atoms with Crippen molar-refractivity contribution in [2.24, 2.45) is 17.8 Å². The van der Waals surface area contributed by atoms with Gasteiger partial charge in [-0.1, -0.05) is 72.8 Å². The minimum atomic E-state index is 0.153. The van der Waals surface area contributed by atoms with Gasteiger partial charge < -0.3 is 9.80 Å². The van der Waals surface area contributed by atoms with E-state index in [1.54, 1.807) is 5.56 Å². The lowest BCUT2D eigenvalue weighted by Crippen LogP contribution is -2.61. The molecule has 4 aliphatic carbocycles. The van der Waals surface area contributed by atoms with Gasteiger partial charge in [-0.15, -0.1) is 0 Å². The van der Waals surface area contributed by atoms with Crippen molar-refractivity contribution in [1.29, 1.82) is 0 Å². The maximum Gasteiger partial charge on any atom is 0.252 e. The first-order valence-electron chi connectivity index (χ1n) is 18.2. The van der Waals surface area contributed by atoms with E-state index in [0.29, 0.717) is 0 Å². The fourth-order valence-corrected chi connectivity index (χ4v) is 11.2. The summed E-state index contributed by atoms with van der Waals surface area (Å²) in [6.07, 6.45) is 12.2. The van der Waals surface area contributed by atoms with Gasteiger partial charge in [0.1, 0.15) is 0 Å². The van der Waals surface area contributed by atoms with Crippen LogP contribution in [-0.2, 0) is 5.41 Å². The average molecular weight is 632 g/mol. The van der Waals surface area contributed by atoms with Gasteiger partial charge in [-0.05, 0) is 144 Å². The van der Waals surface area contributed by atoms with Crippen LogP contribution in [0.25, 0.3) is 11.1 Å². The number of hydrogen-bond acceptors (Lipinski definition) is 3. The summed E-state index contributed by atoms with van der Waals surface area (Å²) in [5.74, 6) is 2.64. The summed E-state index contributed by atoms with van der Waals surface area (Å²) in [6, 6.07) is 48.0. The third-order valence-corrected chi connectivity index (χ3v) is 12.6. The quantitative estimate of drug-likeness (QED) is 0.181. The number of benzene rings is 5. The molecule has 0 saturated heterocycles. The molecular weight excluding hydrogens is 593 g/mol. The molecule has 4 fully saturated rings. The largest absolute Gasteiger partial charge is 0.311 e. The van der Waals surface area contributed by atoms with Gasteiger partial charge in [0.15, 0.2) is 0 Å². The summed E-state index contributed by atoms with van der Waals surface area (Å²) < 4.78 is 0. The van der Waals surface area contributed by atoms with Crippen LogP contribution < -0.4 is 26.2 Å². The van der Waals surface area contributed by atoms with Gasteiger partial charge >= 0.3 is 0 Å². The molecule has 3 nitrogen and oxygen atoms in total. The van der Waals surface area contributed by atoms with E-state index < -0.39 is 0 Å². The van der Waals surface area contributed by atoms with Gasteiger partial charge in [0, 0.05) is 52.1 Å². The van der Waals surface area contributed by atoms with E-state index in [2.05, 4.69) is 136 Å². The SMILES string of the molecule is c1ccc(N2c3ccccc3B3c4ccccc4N(c4cccc(-c5cccnc5)c4)c4cc(C56CC7CC(CC(C7)C5)C6)cc2c43)cc1. The summed E-state index contributed by atoms with van der Waals surface area (Å²) >= 11 is 0. The number of pyridine rings is 1. The molecule has 2 aliphatic heterocycles. The highest BCUT2D eigenvalue weighted by molar-refractivity contribution is 7.00. The topological polar surface area (TPSA) is 19.4 Å². The van der Waals surface area contributed by atoms with Gasteiger partial charge in [0.2, 0.25) is 0 Å². The Hall–Kier alpha value is -5.09. The molecule has 0 spiro atoms. The molecule has 5 aromatic carbocycles. The van der Waals surface area contributed by atoms with Gasteiger partial charge in [0.25, 0.3) is 6.71 Å². The fourth-order valence-electron chi connectivity index (χ4n) is 11.2. The lowest BCUT2D eigenvalue weighted by atomic mass is 9.33. The van der Waals surface area contributed by atoms with Crippen molar-refractivity contribution in [1.82, 2.24) is 4.98 Å². The first-order chi connectivity index (χ1) is 24.2. The monoisotopic (exact) mass is 631 g/mol. The molecule has 12 rings (SSSR count). The first-order valence-corrected chi connectivity index (χ1v) is 18.2. The van der Waals surface area contributed by atoms with E-state index in [1.807, 2.05) is 18.5 Å². The molecule has 4 bridgehead atoms. The van der Waals surface area contributed by atoms with Crippen molar-refractivity contribution >= 4 is 57.2 Å². The third-order valence-electron chi connectivity index (χ3n) is 12.6. The molecule has 0 amide bonds. The highest BCUT2D eigenvalue weighted by Gasteiger charge is 2.53. The van der Waals surface area contributed by atoms with E-state index in [9.17, 15) is 0 Å². The lowest BCUT2D eigenvalue weighted by Gasteiger charge is -2.57. The Labute approximate surface area is 289 Å². The Morgan fingerprint density at radius 2 is 1.10 bits per heavy atom. The van der Waals surface area contributed by atoms with Crippen molar-refractivity contribution in [3.63, 3.8) is 0 Å². The van der Waals surface area contributed by atoms with E-state index >= 15 is 0 Å². The van der Waals surface area contributed by atoms with Crippen LogP contribution in [0.2, 0.25) is 0 Å². The molecule has 0 atom stereocenters. The van der Waals surface area contributed by atoms with Crippen LogP contribution in [0.4, 0.5) is 34.1 Å². The Bertz CT molecular complexity index is 2210. The van der Waals surface area contributed by atoms with Crippen molar-refractivity contribution in [2.75, 3.05) is 9.80 Å². The maximum atomic E-state index is 4.46. The molecule has 0 N–H and O–H groups in total. The second kappa shape index (κ2) is 10.5. The zero-order chi connectivity index (χ0) is 32.1. The fraction of sp³-hybridized carbons (Fsp3) is 0.222. The summed E-state index contributed by atoms with van der Waals surface area (Å²) in [5.41, 5.74) is 16.0. The summed E-state index contributed by atoms with van der Waals surface area (Å²) in [4.78, 5) is 9.62. The van der Waals surface area contributed by atoms with Crippen molar-refractivity contribution in [2.45, 2.75) is 43.9 Å². The number of rotatable bonds is 4. The number of nitrogens with zero attached hydrogens (tertiary/aromatic N) is 3. The van der Waals surface area contributed by atoms with Crippen LogP contribution in [0.1, 0.15) is 44.1 Å². The Balaban J connectivity index is 1.21. The number of aromatic nitrogens is 1. The van der Waals surface area contributed by atoms with Gasteiger partial charge in [-0.2, -0.15) is 0 Å². The average Bonchev–Trinajstić information content (AvgIpc) is 3.15. The number of anilines is 6. The molecule has 49 heavy (non-hydrogen) atoms. The maximum absolute atomic E-state index is 4.46. The molecule has 236 valence electrons. The minimum absolute atomic E-state index is 0.153. The van der Waals surface area contributed by atoms with Crippen LogP contribution in [0.5, 0.6) is 0 Å². The summed E-state index contributed by atoms with van der Waals surface area (Å²) in [7, 11) is 0. The lowest BCUT2D eigenvalue weighted by molar-refractivity contribution is -0.00514. The molecule has 6 aliphatic rings. The van der Waals surface area contributed by atoms with Crippen molar-refractivity contribution in [3.8, 4) is 11.1 Å². The smallest absolute Gasteiger partial charge is 0.252 e. The predicted octanol–water partition coefficient (Wildman–Crippen LogP) is 9.30. The summed E-state index contributed by atoms with van der Waals surface area (Å²) in [6.45, 7) is 0.153. The molecule has 4 saturated carbocycles. The van der Waals surface area contributed by atoms with E-state index in [0.717, 1.165) is 23.3 Å². The minimum Gasteiger partial charge on any atom is -0.311 e. The number of para-hydroxylation sites is 3. The van der Waals surface area contributed by atoms with E-state index in [1.165, 1.54) is 94.6 Å². The molecule has 0 radical (unpaired) electrons. The van der Waals surface area contributed by atoms with Crippen LogP contribution >= 0.6 is 0 Å². The highest BCUT2D eigenvalue weighted by atomic mass is 15.2. The Morgan fingerprint density at radius 1 is 0.531 bits per heavy atom. The molecule has 0 unspecified atom stereocenters. The van der Waals surface area contributed by atoms with Crippen LogP contribution in [-0.4, -0.2) is 11.7 Å². The Kier molecular flexibility index (Phi) is 5.94. The zero-order valence-corrected chi connectivity index (χ0v) is 27.7. The van der Waals surface area contributed by atoms with E-state index in [-0.39, 0.29) is 12.1 Å². The second-order valence-corrected chi connectivity index (χ2v) is 15.5. The molecule has 4 heteroatoms. The number of hydrogen-bond donors (Lipinski definition) is 0. The highest BCUT2D eigenvalue weighted by Crippen LogP contribution is 2.61. The molecule has 3 heterocycles. The molecule has 6 aromatic rings. The molecular formula is C45H38BN3. The normalized spacial score (nSPS) is 24.0. The van der Waals surface area contributed by atoms with Gasteiger partial charge in [-0.3, -0.25) is 4.98 Å². The summed E-state index contributed by atoms with van der Waals surface area (Å²) in [5, 5.41) is 0. The second-order valence-electron chi connectivity index (χ2n) is 15.5. The number of fused-ring (bicyclic) bond motifs is 4. The standard InChI is InChI=1S/C45H38BN3/c1-2-12-36(13-3-1)48-40-17-6-4-15-38(40)46-39-16-5-7-18-41(39)49(37-14-8-10-33(23-37)34-11-9-19-47-29-34)43-25-35(24-42(48)44(43)46)45-26-30-20-31(27-45)22-32(21-30)28-45/h1-19,23-25,29-32H,20-22,26-28H2. The zero-order valence-electron chi connectivity index (χ0n) is 27.7. The van der Waals surface area contributed by atoms with Crippen LogP contribution in [0, 0.1) is 17.8 Å². The van der Waals surface area contributed by atoms with Crippen LogP contribution in [0.15, 0.2) is 140 Å². The van der Waals surface area contributed by atoms with Crippen LogP contribution in [0.3, 0.4) is 0 Å². The van der Waals surface area contributed by atoms with E-state index in [4.69, 9.17) is 0 Å². The first kappa shape index (κ1) is 27.8. The predicted molar refractivity (Wildman–Crippen MR) is 204 cm³/mol.